The average molecular weight is 391 g/mol. The number of nitrogens with zero attached hydrogens (tertiary/aromatic N) is 3. The summed E-state index contributed by atoms with van der Waals surface area (Å²) in [5.41, 5.74) is 1.50. The van der Waals surface area contributed by atoms with Gasteiger partial charge in [-0.3, -0.25) is 4.79 Å². The highest BCUT2D eigenvalue weighted by molar-refractivity contribution is 6.31. The molecule has 0 spiro atoms. The first kappa shape index (κ1) is 20.6. The maximum atomic E-state index is 13.1. The Labute approximate surface area is 162 Å². The highest BCUT2D eigenvalue weighted by Crippen LogP contribution is 2.25. The summed E-state index contributed by atoms with van der Waals surface area (Å²) in [5, 5.41) is 16.5. The minimum atomic E-state index is -0.487. The molecule has 8 heteroatoms. The number of halogens is 2. The van der Waals surface area contributed by atoms with E-state index in [0.29, 0.717) is 43.1 Å². The number of benzene rings is 1. The minimum Gasteiger partial charge on any atom is -0.382 e. The van der Waals surface area contributed by atoms with Crippen LogP contribution in [-0.4, -0.2) is 35.4 Å². The Morgan fingerprint density at radius 3 is 2.78 bits per heavy atom. The Morgan fingerprint density at radius 1 is 1.44 bits per heavy atom. The van der Waals surface area contributed by atoms with Crippen LogP contribution in [0.5, 0.6) is 0 Å². The largest absolute Gasteiger partial charge is 0.382 e. The number of carbonyl (C=O) groups is 1. The van der Waals surface area contributed by atoms with E-state index in [-0.39, 0.29) is 16.5 Å². The summed E-state index contributed by atoms with van der Waals surface area (Å²) in [7, 11) is 0. The molecule has 1 heterocycles. The van der Waals surface area contributed by atoms with Crippen molar-refractivity contribution in [2.45, 2.75) is 20.3 Å². The first-order chi connectivity index (χ1) is 13.0. The van der Waals surface area contributed by atoms with Crippen LogP contribution in [0.1, 0.15) is 24.6 Å². The lowest BCUT2D eigenvalue weighted by Crippen LogP contribution is -2.26. The van der Waals surface area contributed by atoms with Gasteiger partial charge in [0, 0.05) is 25.3 Å². The molecule has 1 aromatic carbocycles. The molecule has 0 atom stereocenters. The van der Waals surface area contributed by atoms with Crippen LogP contribution in [0.2, 0.25) is 5.15 Å². The zero-order chi connectivity index (χ0) is 19.8. The number of carbonyl (C=O) groups excluding carboxylic acids is 1. The predicted molar refractivity (Wildman–Crippen MR) is 101 cm³/mol. The van der Waals surface area contributed by atoms with Gasteiger partial charge >= 0.3 is 0 Å². The van der Waals surface area contributed by atoms with Gasteiger partial charge in [0.05, 0.1) is 11.4 Å². The standard InChI is InChI=1S/C19H20ClFN4O2/c1-3-27-10-4-9-23-19(26)14(12-22)11-17-13(2)24-25(18(17)20)16-7-5-15(21)6-8-16/h5-8,11H,3-4,9-10H2,1-2H3,(H,23,26)/b14-11+. The monoisotopic (exact) mass is 390 g/mol. The Morgan fingerprint density at radius 2 is 2.15 bits per heavy atom. The maximum Gasteiger partial charge on any atom is 0.261 e. The van der Waals surface area contributed by atoms with Gasteiger partial charge in [-0.1, -0.05) is 11.6 Å². The fraction of sp³-hybridized carbons (Fsp3) is 0.316. The lowest BCUT2D eigenvalue weighted by Gasteiger charge is -2.05. The first-order valence-corrected chi connectivity index (χ1v) is 8.84. The maximum absolute atomic E-state index is 13.1. The third kappa shape index (κ3) is 5.39. The fourth-order valence-electron chi connectivity index (χ4n) is 2.34. The van der Waals surface area contributed by atoms with Gasteiger partial charge in [-0.05, 0) is 50.6 Å². The van der Waals surface area contributed by atoms with Crippen molar-refractivity contribution in [1.82, 2.24) is 15.1 Å². The van der Waals surface area contributed by atoms with Crippen molar-refractivity contribution < 1.29 is 13.9 Å². The number of rotatable bonds is 8. The molecule has 0 unspecified atom stereocenters. The number of aryl methyl sites for hydroxylation is 1. The third-order valence-corrected chi connectivity index (χ3v) is 4.09. The van der Waals surface area contributed by atoms with Crippen LogP contribution in [-0.2, 0) is 9.53 Å². The van der Waals surface area contributed by atoms with Crippen molar-refractivity contribution in [3.63, 3.8) is 0 Å². The van der Waals surface area contributed by atoms with Gasteiger partial charge in [0.15, 0.2) is 0 Å². The smallest absolute Gasteiger partial charge is 0.261 e. The van der Waals surface area contributed by atoms with E-state index in [0.717, 1.165) is 0 Å². The highest BCUT2D eigenvalue weighted by Gasteiger charge is 2.16. The SMILES string of the molecule is CCOCCCNC(=O)/C(C#N)=C/c1c(C)nn(-c2ccc(F)cc2)c1Cl. The number of ether oxygens (including phenoxy) is 1. The van der Waals surface area contributed by atoms with Crippen molar-refractivity contribution in [2.75, 3.05) is 19.8 Å². The lowest BCUT2D eigenvalue weighted by atomic mass is 10.1. The molecule has 1 N–H and O–H groups in total. The lowest BCUT2D eigenvalue weighted by molar-refractivity contribution is -0.117. The second-order valence-electron chi connectivity index (χ2n) is 5.65. The third-order valence-electron chi connectivity index (χ3n) is 3.73. The van der Waals surface area contributed by atoms with Gasteiger partial charge in [-0.15, -0.1) is 0 Å². The van der Waals surface area contributed by atoms with E-state index in [1.165, 1.54) is 35.0 Å². The summed E-state index contributed by atoms with van der Waals surface area (Å²) in [5.74, 6) is -0.856. The van der Waals surface area contributed by atoms with E-state index in [1.807, 2.05) is 13.0 Å². The molecule has 1 aromatic heterocycles. The second kappa shape index (κ2) is 9.86. The summed E-state index contributed by atoms with van der Waals surface area (Å²) in [4.78, 5) is 12.2. The van der Waals surface area contributed by atoms with Gasteiger partial charge < -0.3 is 10.1 Å². The average Bonchev–Trinajstić information content (AvgIpc) is 2.94. The number of aromatic nitrogens is 2. The fourth-order valence-corrected chi connectivity index (χ4v) is 2.66. The van der Waals surface area contributed by atoms with Crippen LogP contribution in [0.4, 0.5) is 4.39 Å². The molecule has 0 radical (unpaired) electrons. The van der Waals surface area contributed by atoms with E-state index < -0.39 is 5.91 Å². The van der Waals surface area contributed by atoms with E-state index in [4.69, 9.17) is 16.3 Å². The molecule has 6 nitrogen and oxygen atoms in total. The topological polar surface area (TPSA) is 79.9 Å². The number of amides is 1. The van der Waals surface area contributed by atoms with Gasteiger partial charge in [-0.2, -0.15) is 10.4 Å². The predicted octanol–water partition coefficient (Wildman–Crippen LogP) is 3.42. The molecule has 0 saturated carbocycles. The van der Waals surface area contributed by atoms with Gasteiger partial charge in [0.25, 0.3) is 5.91 Å². The molecule has 0 aliphatic carbocycles. The number of nitrogens with one attached hydrogen (secondary N) is 1. The second-order valence-corrected chi connectivity index (χ2v) is 6.01. The molecule has 142 valence electrons. The Balaban J connectivity index is 2.19. The normalized spacial score (nSPS) is 11.3. The molecule has 2 rings (SSSR count). The van der Waals surface area contributed by atoms with E-state index >= 15 is 0 Å². The quantitative estimate of drug-likeness (QED) is 0.425. The molecule has 27 heavy (non-hydrogen) atoms. The van der Waals surface area contributed by atoms with E-state index in [9.17, 15) is 14.4 Å². The zero-order valence-electron chi connectivity index (χ0n) is 15.1. The van der Waals surface area contributed by atoms with Crippen molar-refractivity contribution in [3.05, 3.63) is 52.1 Å². The molecule has 0 aliphatic rings. The van der Waals surface area contributed by atoms with Crippen molar-refractivity contribution in [1.29, 1.82) is 5.26 Å². The van der Waals surface area contributed by atoms with Gasteiger partial charge in [0.2, 0.25) is 0 Å². The Kier molecular flexibility index (Phi) is 7.53. The minimum absolute atomic E-state index is 0.0740. The number of hydrogen-bond donors (Lipinski definition) is 1. The number of hydrogen-bond acceptors (Lipinski definition) is 4. The summed E-state index contributed by atoms with van der Waals surface area (Å²) < 4.78 is 19.7. The summed E-state index contributed by atoms with van der Waals surface area (Å²) in [6, 6.07) is 7.56. The van der Waals surface area contributed by atoms with Crippen molar-refractivity contribution >= 4 is 23.6 Å². The van der Waals surface area contributed by atoms with Gasteiger partial charge in [-0.25, -0.2) is 9.07 Å². The van der Waals surface area contributed by atoms with Crippen LogP contribution in [0.15, 0.2) is 29.8 Å². The molecule has 2 aromatic rings. The van der Waals surface area contributed by atoms with Crippen LogP contribution in [0.25, 0.3) is 11.8 Å². The Hall–Kier alpha value is -2.69. The van der Waals surface area contributed by atoms with Crippen LogP contribution in [0, 0.1) is 24.1 Å². The molecule has 1 amide bonds. The van der Waals surface area contributed by atoms with E-state index in [1.54, 1.807) is 6.92 Å². The number of nitriles is 1. The molecule has 0 aliphatic heterocycles. The molecule has 0 saturated heterocycles. The molecular weight excluding hydrogens is 371 g/mol. The molecule has 0 bridgehead atoms. The highest BCUT2D eigenvalue weighted by atomic mass is 35.5. The van der Waals surface area contributed by atoms with Crippen LogP contribution >= 0.6 is 11.6 Å². The van der Waals surface area contributed by atoms with Gasteiger partial charge in [0.1, 0.15) is 22.6 Å². The summed E-state index contributed by atoms with van der Waals surface area (Å²) in [6.07, 6.45) is 2.06. The summed E-state index contributed by atoms with van der Waals surface area (Å²) >= 11 is 6.38. The van der Waals surface area contributed by atoms with E-state index in [2.05, 4.69) is 10.4 Å². The molecule has 0 fully saturated rings. The Bertz CT molecular complexity index is 869. The zero-order valence-corrected chi connectivity index (χ0v) is 15.9. The van der Waals surface area contributed by atoms with Crippen LogP contribution in [0.3, 0.4) is 0 Å². The summed E-state index contributed by atoms with van der Waals surface area (Å²) in [6.45, 7) is 5.17. The molecular formula is C19H20ClFN4O2. The first-order valence-electron chi connectivity index (χ1n) is 8.46. The van der Waals surface area contributed by atoms with Crippen molar-refractivity contribution in [3.8, 4) is 11.8 Å². The van der Waals surface area contributed by atoms with Crippen molar-refractivity contribution in [2.24, 2.45) is 0 Å². The van der Waals surface area contributed by atoms with Crippen LogP contribution < -0.4 is 5.32 Å².